The predicted octanol–water partition coefficient (Wildman–Crippen LogP) is 2.32. The third-order valence-corrected chi connectivity index (χ3v) is 4.20. The molecule has 0 bridgehead atoms. The molecule has 1 fully saturated rings. The Labute approximate surface area is 149 Å². The molecule has 0 aromatic heterocycles. The van der Waals surface area contributed by atoms with Gasteiger partial charge in [-0.15, -0.1) is 0 Å². The number of rotatable bonds is 5. The van der Waals surface area contributed by atoms with Crippen molar-refractivity contribution in [1.82, 2.24) is 15.5 Å². The van der Waals surface area contributed by atoms with Crippen LogP contribution in [0.4, 0.5) is 4.39 Å². The van der Waals surface area contributed by atoms with Crippen LogP contribution < -0.4 is 10.6 Å². The highest BCUT2D eigenvalue weighted by atomic mass is 19.1. The molecule has 0 atom stereocenters. The summed E-state index contributed by atoms with van der Waals surface area (Å²) in [7, 11) is 0. The summed E-state index contributed by atoms with van der Waals surface area (Å²) in [5.41, 5.74) is 0.275. The van der Waals surface area contributed by atoms with Crippen molar-refractivity contribution in [2.45, 2.75) is 51.6 Å². The number of carbonyl (C=O) groups is 2. The van der Waals surface area contributed by atoms with Crippen LogP contribution in [0.5, 0.6) is 0 Å². The Morgan fingerprint density at radius 3 is 2.32 bits per heavy atom. The van der Waals surface area contributed by atoms with Crippen LogP contribution in [0.25, 0.3) is 0 Å². The van der Waals surface area contributed by atoms with Gasteiger partial charge in [0.25, 0.3) is 5.91 Å². The molecule has 1 aliphatic heterocycles. The van der Waals surface area contributed by atoms with Gasteiger partial charge in [-0.3, -0.25) is 9.59 Å². The third-order valence-electron chi connectivity index (χ3n) is 4.20. The van der Waals surface area contributed by atoms with Crippen LogP contribution >= 0.6 is 0 Å². The third kappa shape index (κ3) is 6.82. The summed E-state index contributed by atoms with van der Waals surface area (Å²) < 4.78 is 12.9. The van der Waals surface area contributed by atoms with Crippen molar-refractivity contribution in [3.63, 3.8) is 0 Å². The van der Waals surface area contributed by atoms with Crippen molar-refractivity contribution in [2.75, 3.05) is 19.6 Å². The van der Waals surface area contributed by atoms with E-state index in [4.69, 9.17) is 0 Å². The van der Waals surface area contributed by atoms with Crippen molar-refractivity contribution < 1.29 is 14.0 Å². The first kappa shape index (κ1) is 19.4. The first-order chi connectivity index (χ1) is 11.7. The van der Waals surface area contributed by atoms with Gasteiger partial charge in [-0.1, -0.05) is 0 Å². The normalized spacial score (nSPS) is 16.5. The van der Waals surface area contributed by atoms with E-state index in [0.29, 0.717) is 12.0 Å². The molecular formula is C19H28FN3O2. The quantitative estimate of drug-likeness (QED) is 0.858. The Hall–Kier alpha value is -1.95. The Morgan fingerprint density at radius 2 is 1.76 bits per heavy atom. The summed E-state index contributed by atoms with van der Waals surface area (Å²) in [6.45, 7) is 8.37. The Morgan fingerprint density at radius 1 is 1.16 bits per heavy atom. The van der Waals surface area contributed by atoms with Crippen LogP contribution in [-0.2, 0) is 4.79 Å². The molecule has 1 saturated heterocycles. The fourth-order valence-corrected chi connectivity index (χ4v) is 2.91. The molecule has 138 valence electrons. The van der Waals surface area contributed by atoms with Gasteiger partial charge in [-0.25, -0.2) is 4.39 Å². The van der Waals surface area contributed by atoms with Gasteiger partial charge in [-0.05, 0) is 57.9 Å². The predicted molar refractivity (Wildman–Crippen MR) is 95.8 cm³/mol. The number of likely N-dealkylation sites (tertiary alicyclic amines) is 1. The highest BCUT2D eigenvalue weighted by Gasteiger charge is 2.22. The lowest BCUT2D eigenvalue weighted by molar-refractivity contribution is -0.122. The van der Waals surface area contributed by atoms with E-state index < -0.39 is 0 Å². The van der Waals surface area contributed by atoms with Crippen LogP contribution in [0.1, 0.15) is 50.4 Å². The van der Waals surface area contributed by atoms with Crippen LogP contribution in [0.15, 0.2) is 24.3 Å². The maximum atomic E-state index is 12.9. The molecule has 5 nitrogen and oxygen atoms in total. The SMILES string of the molecule is CC(C)(C)NC(=O)CCN1CCC(NC(=O)c2ccc(F)cc2)CC1. The lowest BCUT2D eigenvalue weighted by Crippen LogP contribution is -2.46. The van der Waals surface area contributed by atoms with Crippen molar-refractivity contribution in [3.05, 3.63) is 35.6 Å². The van der Waals surface area contributed by atoms with E-state index >= 15 is 0 Å². The Kier molecular flexibility index (Phi) is 6.53. The van der Waals surface area contributed by atoms with E-state index in [9.17, 15) is 14.0 Å². The number of hydrogen-bond donors (Lipinski definition) is 2. The molecular weight excluding hydrogens is 321 g/mol. The van der Waals surface area contributed by atoms with Gasteiger partial charge in [0.1, 0.15) is 5.82 Å². The van der Waals surface area contributed by atoms with Crippen LogP contribution in [0, 0.1) is 5.82 Å². The average molecular weight is 349 g/mol. The molecule has 6 heteroatoms. The van der Waals surface area contributed by atoms with E-state index in [0.717, 1.165) is 32.5 Å². The van der Waals surface area contributed by atoms with E-state index in [1.165, 1.54) is 24.3 Å². The van der Waals surface area contributed by atoms with E-state index in [-0.39, 0.29) is 29.2 Å². The second-order valence-corrected chi connectivity index (χ2v) is 7.64. The number of hydrogen-bond acceptors (Lipinski definition) is 3. The first-order valence-electron chi connectivity index (χ1n) is 8.83. The number of amides is 2. The smallest absolute Gasteiger partial charge is 0.251 e. The molecule has 0 radical (unpaired) electrons. The summed E-state index contributed by atoms with van der Waals surface area (Å²) in [5.74, 6) is -0.442. The topological polar surface area (TPSA) is 61.4 Å². The molecule has 2 rings (SSSR count). The maximum Gasteiger partial charge on any atom is 0.251 e. The van der Waals surface area contributed by atoms with Gasteiger partial charge in [-0.2, -0.15) is 0 Å². The molecule has 2 amide bonds. The standard InChI is InChI=1S/C19H28FN3O2/c1-19(2,3)22-17(24)10-13-23-11-8-16(9-12-23)21-18(25)14-4-6-15(20)7-5-14/h4-7,16H,8-13H2,1-3H3,(H,21,25)(H,22,24). The van der Waals surface area contributed by atoms with Crippen molar-refractivity contribution in [1.29, 1.82) is 0 Å². The molecule has 0 aliphatic carbocycles. The van der Waals surface area contributed by atoms with Crippen LogP contribution in [-0.4, -0.2) is 47.9 Å². The van der Waals surface area contributed by atoms with E-state index in [1.54, 1.807) is 0 Å². The molecule has 1 aliphatic rings. The Bertz CT molecular complexity index is 588. The van der Waals surface area contributed by atoms with E-state index in [2.05, 4.69) is 15.5 Å². The largest absolute Gasteiger partial charge is 0.351 e. The summed E-state index contributed by atoms with van der Waals surface area (Å²) in [5, 5.41) is 5.97. The number of halogens is 1. The fourth-order valence-electron chi connectivity index (χ4n) is 2.91. The molecule has 0 saturated carbocycles. The summed E-state index contributed by atoms with van der Waals surface area (Å²) in [6.07, 6.45) is 2.20. The van der Waals surface area contributed by atoms with Gasteiger partial charge in [0.05, 0.1) is 0 Å². The lowest BCUT2D eigenvalue weighted by atomic mass is 10.0. The first-order valence-corrected chi connectivity index (χ1v) is 8.83. The van der Waals surface area contributed by atoms with Crippen molar-refractivity contribution >= 4 is 11.8 Å². The van der Waals surface area contributed by atoms with Gasteiger partial charge >= 0.3 is 0 Å². The summed E-state index contributed by atoms with van der Waals surface area (Å²) in [6, 6.07) is 5.69. The van der Waals surface area contributed by atoms with Crippen molar-refractivity contribution in [2.24, 2.45) is 0 Å². The minimum absolute atomic E-state index is 0.0687. The number of nitrogens with zero attached hydrogens (tertiary/aromatic N) is 1. The fraction of sp³-hybridized carbons (Fsp3) is 0.579. The zero-order chi connectivity index (χ0) is 18.4. The monoisotopic (exact) mass is 349 g/mol. The average Bonchev–Trinajstić information content (AvgIpc) is 2.53. The maximum absolute atomic E-state index is 12.9. The van der Waals surface area contributed by atoms with Crippen LogP contribution in [0.3, 0.4) is 0 Å². The Balaban J connectivity index is 1.70. The van der Waals surface area contributed by atoms with Gasteiger partial charge in [0, 0.05) is 43.2 Å². The summed E-state index contributed by atoms with van der Waals surface area (Å²) >= 11 is 0. The molecule has 0 spiro atoms. The molecule has 1 heterocycles. The number of carbonyl (C=O) groups excluding carboxylic acids is 2. The minimum Gasteiger partial charge on any atom is -0.351 e. The number of benzene rings is 1. The lowest BCUT2D eigenvalue weighted by Gasteiger charge is -2.32. The van der Waals surface area contributed by atoms with Gasteiger partial charge < -0.3 is 15.5 Å². The highest BCUT2D eigenvalue weighted by molar-refractivity contribution is 5.94. The minimum atomic E-state index is -0.347. The molecule has 25 heavy (non-hydrogen) atoms. The van der Waals surface area contributed by atoms with Gasteiger partial charge in [0.15, 0.2) is 0 Å². The summed E-state index contributed by atoms with van der Waals surface area (Å²) in [4.78, 5) is 26.3. The zero-order valence-corrected chi connectivity index (χ0v) is 15.3. The molecule has 1 aromatic rings. The van der Waals surface area contributed by atoms with E-state index in [1.807, 2.05) is 20.8 Å². The molecule has 0 unspecified atom stereocenters. The molecule has 2 N–H and O–H groups in total. The second kappa shape index (κ2) is 8.43. The molecule has 1 aromatic carbocycles. The number of nitrogens with one attached hydrogen (secondary N) is 2. The zero-order valence-electron chi connectivity index (χ0n) is 15.3. The van der Waals surface area contributed by atoms with Crippen LogP contribution in [0.2, 0.25) is 0 Å². The highest BCUT2D eigenvalue weighted by Crippen LogP contribution is 2.12. The van der Waals surface area contributed by atoms with Gasteiger partial charge in [0.2, 0.25) is 5.91 Å². The number of piperidine rings is 1. The van der Waals surface area contributed by atoms with Crippen molar-refractivity contribution in [3.8, 4) is 0 Å². The second-order valence-electron chi connectivity index (χ2n) is 7.64.